The molecule has 0 saturated carbocycles. The zero-order chi connectivity index (χ0) is 18.2. The lowest BCUT2D eigenvalue weighted by atomic mass is 9.97. The Hall–Kier alpha value is -2.69. The van der Waals surface area contributed by atoms with Crippen molar-refractivity contribution in [3.63, 3.8) is 0 Å². The van der Waals surface area contributed by atoms with E-state index in [1.807, 2.05) is 12.1 Å². The van der Waals surface area contributed by atoms with Gasteiger partial charge in [0.1, 0.15) is 11.6 Å². The van der Waals surface area contributed by atoms with Crippen LogP contribution in [-0.4, -0.2) is 17.4 Å². The number of allylic oxidation sites excluding steroid dienone is 1. The van der Waals surface area contributed by atoms with Crippen LogP contribution >= 0.6 is 0 Å². The number of pyridine rings is 1. The minimum absolute atomic E-state index is 0.150. The fourth-order valence-corrected chi connectivity index (χ4v) is 3.05. The Balaban J connectivity index is 1.44. The Bertz CT molecular complexity index is 754. The molecule has 136 valence electrons. The third-order valence-electron chi connectivity index (χ3n) is 4.46. The van der Waals surface area contributed by atoms with Crippen molar-refractivity contribution in [2.45, 2.75) is 38.5 Å². The number of rotatable bonds is 7. The van der Waals surface area contributed by atoms with Crippen LogP contribution in [0.15, 0.2) is 54.2 Å². The van der Waals surface area contributed by atoms with Gasteiger partial charge in [0, 0.05) is 6.54 Å². The number of halogens is 1. The number of nitrogens with zero attached hydrogens (tertiary/aromatic N) is 1. The molecule has 0 saturated heterocycles. The summed E-state index contributed by atoms with van der Waals surface area (Å²) in [6, 6.07) is 9.63. The molecule has 1 heterocycles. The van der Waals surface area contributed by atoms with E-state index >= 15 is 0 Å². The van der Waals surface area contributed by atoms with Gasteiger partial charge in [0.25, 0.3) is 0 Å². The van der Waals surface area contributed by atoms with Crippen molar-refractivity contribution in [3.05, 3.63) is 65.6 Å². The Kier molecular flexibility index (Phi) is 6.36. The maximum atomic E-state index is 12.9. The smallest absolute Gasteiger partial charge is 0.228 e. The van der Waals surface area contributed by atoms with Crippen LogP contribution in [0.1, 0.15) is 37.7 Å². The molecule has 1 aromatic carbocycles. The van der Waals surface area contributed by atoms with Gasteiger partial charge in [-0.1, -0.05) is 23.8 Å². The SMILES string of the molecule is O=C(Cc1ccc(F)cc1)Nc1ccc(NCCC2=CCCCC2)nc1. The number of carbonyl (C=O) groups is 1. The average molecular weight is 353 g/mol. The van der Waals surface area contributed by atoms with E-state index in [4.69, 9.17) is 0 Å². The normalized spacial score (nSPS) is 13.8. The summed E-state index contributed by atoms with van der Waals surface area (Å²) in [5.74, 6) is 0.350. The summed E-state index contributed by atoms with van der Waals surface area (Å²) in [7, 11) is 0. The van der Waals surface area contributed by atoms with E-state index in [1.165, 1.54) is 43.4 Å². The molecule has 1 aliphatic rings. The van der Waals surface area contributed by atoms with E-state index in [2.05, 4.69) is 21.7 Å². The highest BCUT2D eigenvalue weighted by atomic mass is 19.1. The number of anilines is 2. The maximum absolute atomic E-state index is 12.9. The monoisotopic (exact) mass is 353 g/mol. The van der Waals surface area contributed by atoms with Gasteiger partial charge in [-0.25, -0.2) is 9.37 Å². The van der Waals surface area contributed by atoms with Crippen molar-refractivity contribution in [1.82, 2.24) is 4.98 Å². The second-order valence-corrected chi connectivity index (χ2v) is 6.57. The number of amides is 1. The average Bonchev–Trinajstić information content (AvgIpc) is 2.66. The molecule has 4 nitrogen and oxygen atoms in total. The van der Waals surface area contributed by atoms with E-state index in [-0.39, 0.29) is 18.1 Å². The lowest BCUT2D eigenvalue weighted by molar-refractivity contribution is -0.115. The molecule has 0 bridgehead atoms. The van der Waals surface area contributed by atoms with Crippen molar-refractivity contribution in [2.24, 2.45) is 0 Å². The third kappa shape index (κ3) is 5.69. The molecule has 0 atom stereocenters. The molecule has 5 heteroatoms. The molecule has 0 fully saturated rings. The van der Waals surface area contributed by atoms with Gasteiger partial charge < -0.3 is 10.6 Å². The van der Waals surface area contributed by atoms with Crippen molar-refractivity contribution in [2.75, 3.05) is 17.2 Å². The quantitative estimate of drug-likeness (QED) is 0.709. The fraction of sp³-hybridized carbons (Fsp3) is 0.333. The Labute approximate surface area is 153 Å². The third-order valence-corrected chi connectivity index (χ3v) is 4.46. The van der Waals surface area contributed by atoms with E-state index in [0.29, 0.717) is 5.69 Å². The first-order valence-electron chi connectivity index (χ1n) is 9.11. The summed E-state index contributed by atoms with van der Waals surface area (Å²) in [5, 5.41) is 6.13. The number of aromatic nitrogens is 1. The van der Waals surface area contributed by atoms with Gasteiger partial charge in [-0.15, -0.1) is 0 Å². The molecule has 1 aromatic heterocycles. The highest BCUT2D eigenvalue weighted by Crippen LogP contribution is 2.20. The summed E-state index contributed by atoms with van der Waals surface area (Å²) in [4.78, 5) is 16.4. The summed E-state index contributed by atoms with van der Waals surface area (Å²) in [6.45, 7) is 0.870. The van der Waals surface area contributed by atoms with Crippen molar-refractivity contribution in [1.29, 1.82) is 0 Å². The Morgan fingerprint density at radius 1 is 1.12 bits per heavy atom. The van der Waals surface area contributed by atoms with Gasteiger partial charge in [-0.3, -0.25) is 4.79 Å². The first kappa shape index (κ1) is 18.1. The van der Waals surface area contributed by atoms with Gasteiger partial charge in [-0.2, -0.15) is 0 Å². The fourth-order valence-electron chi connectivity index (χ4n) is 3.05. The lowest BCUT2D eigenvalue weighted by Crippen LogP contribution is -2.14. The highest BCUT2D eigenvalue weighted by molar-refractivity contribution is 5.92. The Morgan fingerprint density at radius 3 is 2.65 bits per heavy atom. The molecule has 26 heavy (non-hydrogen) atoms. The van der Waals surface area contributed by atoms with Gasteiger partial charge in [-0.05, 0) is 61.9 Å². The van der Waals surface area contributed by atoms with Crippen LogP contribution in [0.3, 0.4) is 0 Å². The lowest BCUT2D eigenvalue weighted by Gasteiger charge is -2.13. The molecule has 2 N–H and O–H groups in total. The summed E-state index contributed by atoms with van der Waals surface area (Å²) >= 11 is 0. The highest BCUT2D eigenvalue weighted by Gasteiger charge is 2.06. The molecule has 0 unspecified atom stereocenters. The largest absolute Gasteiger partial charge is 0.370 e. The molecule has 1 aliphatic carbocycles. The maximum Gasteiger partial charge on any atom is 0.228 e. The van der Waals surface area contributed by atoms with Gasteiger partial charge in [0.2, 0.25) is 5.91 Å². The van der Waals surface area contributed by atoms with Gasteiger partial charge in [0.15, 0.2) is 0 Å². The van der Waals surface area contributed by atoms with E-state index in [9.17, 15) is 9.18 Å². The van der Waals surface area contributed by atoms with Crippen LogP contribution in [0, 0.1) is 5.82 Å². The van der Waals surface area contributed by atoms with Crippen LogP contribution < -0.4 is 10.6 Å². The van der Waals surface area contributed by atoms with E-state index < -0.39 is 0 Å². The molecular weight excluding hydrogens is 329 g/mol. The second kappa shape index (κ2) is 9.13. The minimum Gasteiger partial charge on any atom is -0.370 e. The van der Waals surface area contributed by atoms with E-state index in [1.54, 1.807) is 18.3 Å². The molecule has 2 aromatic rings. The zero-order valence-electron chi connectivity index (χ0n) is 14.8. The number of hydrogen-bond donors (Lipinski definition) is 2. The standard InChI is InChI=1S/C21H24FN3O/c22-18-8-6-17(7-9-18)14-21(26)25-19-10-11-20(24-15-19)23-13-12-16-4-2-1-3-5-16/h4,6-11,15H,1-3,5,12-14H2,(H,23,24)(H,25,26). The number of nitrogens with one attached hydrogen (secondary N) is 2. The topological polar surface area (TPSA) is 54.0 Å². The molecular formula is C21H24FN3O. The summed E-state index contributed by atoms with van der Waals surface area (Å²) < 4.78 is 12.9. The first-order chi connectivity index (χ1) is 12.7. The first-order valence-corrected chi connectivity index (χ1v) is 9.11. The summed E-state index contributed by atoms with van der Waals surface area (Å²) in [6.07, 6.45) is 10.3. The molecule has 0 aliphatic heterocycles. The van der Waals surface area contributed by atoms with Gasteiger partial charge in [0.05, 0.1) is 18.3 Å². The van der Waals surface area contributed by atoms with Crippen LogP contribution in [0.25, 0.3) is 0 Å². The molecule has 1 amide bonds. The minimum atomic E-state index is -0.304. The molecule has 0 spiro atoms. The van der Waals surface area contributed by atoms with E-state index in [0.717, 1.165) is 24.3 Å². The van der Waals surface area contributed by atoms with Crippen molar-refractivity contribution in [3.8, 4) is 0 Å². The second-order valence-electron chi connectivity index (χ2n) is 6.57. The number of carbonyl (C=O) groups excluding carboxylic acids is 1. The van der Waals surface area contributed by atoms with Crippen LogP contribution in [0.2, 0.25) is 0 Å². The van der Waals surface area contributed by atoms with Crippen LogP contribution in [-0.2, 0) is 11.2 Å². The molecule has 3 rings (SSSR count). The zero-order valence-corrected chi connectivity index (χ0v) is 14.8. The molecule has 0 radical (unpaired) electrons. The number of hydrogen-bond acceptors (Lipinski definition) is 3. The van der Waals surface area contributed by atoms with Crippen molar-refractivity contribution < 1.29 is 9.18 Å². The summed E-state index contributed by atoms with van der Waals surface area (Å²) in [5.41, 5.74) is 2.96. The van der Waals surface area contributed by atoms with Crippen molar-refractivity contribution >= 4 is 17.4 Å². The van der Waals surface area contributed by atoms with Crippen LogP contribution in [0.5, 0.6) is 0 Å². The Morgan fingerprint density at radius 2 is 1.96 bits per heavy atom. The predicted octanol–water partition coefficient (Wildman–Crippen LogP) is 4.70. The predicted molar refractivity (Wildman–Crippen MR) is 103 cm³/mol. The van der Waals surface area contributed by atoms with Gasteiger partial charge >= 0.3 is 0 Å². The van der Waals surface area contributed by atoms with Crippen LogP contribution in [0.4, 0.5) is 15.9 Å². The number of benzene rings is 1.